The van der Waals surface area contributed by atoms with Crippen LogP contribution in [0, 0.1) is 12.3 Å². The summed E-state index contributed by atoms with van der Waals surface area (Å²) in [5, 5.41) is 23.1. The molecule has 2 aliphatic rings. The molecule has 2 heterocycles. The van der Waals surface area contributed by atoms with Gasteiger partial charge in [-0.05, 0) is 42.0 Å². The number of benzene rings is 3. The van der Waals surface area contributed by atoms with Crippen molar-refractivity contribution in [3.05, 3.63) is 82.4 Å². The maximum atomic E-state index is 13.2. The zero-order chi connectivity index (χ0) is 39.4. The van der Waals surface area contributed by atoms with E-state index in [4.69, 9.17) is 53.8 Å². The molecule has 0 fully saturated rings. The molecule has 0 unspecified atom stereocenters. The Balaban J connectivity index is 0.887. The van der Waals surface area contributed by atoms with Crippen LogP contribution in [0.15, 0.2) is 54.6 Å². The van der Waals surface area contributed by atoms with Crippen LogP contribution in [0.4, 0.5) is 0 Å². The molecule has 56 heavy (non-hydrogen) atoms. The first-order valence-electron chi connectivity index (χ1n) is 18.5. The number of carbonyl (C=O) groups is 2. The molecule has 1 spiro atoms. The van der Waals surface area contributed by atoms with Gasteiger partial charge in [0.2, 0.25) is 5.91 Å². The summed E-state index contributed by atoms with van der Waals surface area (Å²) in [5.41, 5.74) is 1.17. The summed E-state index contributed by atoms with van der Waals surface area (Å²) in [6, 6.07) is 14.3. The Morgan fingerprint density at radius 3 is 1.57 bits per heavy atom. The molecule has 0 aliphatic carbocycles. The van der Waals surface area contributed by atoms with Gasteiger partial charge in [0.05, 0.1) is 111 Å². The molecule has 3 aromatic carbocycles. The maximum absolute atomic E-state index is 13.2. The molecule has 15 heteroatoms. The van der Waals surface area contributed by atoms with Gasteiger partial charge in [-0.3, -0.25) is 4.79 Å². The number of fused-ring (bicyclic) bond motifs is 6. The van der Waals surface area contributed by atoms with Crippen LogP contribution in [0.25, 0.3) is 0 Å². The van der Waals surface area contributed by atoms with Crippen molar-refractivity contribution in [3.63, 3.8) is 0 Å². The number of amides is 1. The fraction of sp³-hybridized carbons (Fsp3) is 0.463. The summed E-state index contributed by atoms with van der Waals surface area (Å²) < 4.78 is 55.5. The van der Waals surface area contributed by atoms with Gasteiger partial charge in [-0.1, -0.05) is 12.0 Å². The van der Waals surface area contributed by atoms with E-state index >= 15 is 0 Å². The molecule has 0 saturated carbocycles. The van der Waals surface area contributed by atoms with Gasteiger partial charge in [0.1, 0.15) is 29.6 Å². The number of rotatable bonds is 27. The summed E-state index contributed by atoms with van der Waals surface area (Å²) >= 11 is 0. The van der Waals surface area contributed by atoms with Crippen molar-refractivity contribution >= 4 is 11.9 Å². The average Bonchev–Trinajstić information content (AvgIpc) is 3.47. The molecule has 5 rings (SSSR count). The fourth-order valence-corrected chi connectivity index (χ4v) is 6.04. The molecular weight excluding hydrogens is 730 g/mol. The Labute approximate surface area is 326 Å². The highest BCUT2D eigenvalue weighted by Gasteiger charge is 2.53. The van der Waals surface area contributed by atoms with Gasteiger partial charge in [0, 0.05) is 35.4 Å². The van der Waals surface area contributed by atoms with Crippen LogP contribution in [0.5, 0.6) is 23.0 Å². The first kappa shape index (κ1) is 42.4. The van der Waals surface area contributed by atoms with Crippen LogP contribution < -0.4 is 10.1 Å². The number of nitrogens with one attached hydrogen (secondary N) is 1. The van der Waals surface area contributed by atoms with Crippen LogP contribution in [0.1, 0.15) is 32.6 Å². The third kappa shape index (κ3) is 12.1. The highest BCUT2D eigenvalue weighted by molar-refractivity contribution is 5.97. The highest BCUT2D eigenvalue weighted by Crippen LogP contribution is 2.57. The van der Waals surface area contributed by atoms with Crippen molar-refractivity contribution in [2.75, 3.05) is 112 Å². The van der Waals surface area contributed by atoms with E-state index < -0.39 is 11.6 Å². The number of hydrogen-bond donors (Lipinski definition) is 3. The number of terminal acetylenes is 1. The Hall–Kier alpha value is -4.76. The van der Waals surface area contributed by atoms with E-state index in [1.165, 1.54) is 24.3 Å². The maximum Gasteiger partial charge on any atom is 0.340 e. The molecule has 1 amide bonds. The summed E-state index contributed by atoms with van der Waals surface area (Å²) in [5.74, 6) is 2.13. The van der Waals surface area contributed by atoms with Crippen molar-refractivity contribution in [2.24, 2.45) is 0 Å². The van der Waals surface area contributed by atoms with Gasteiger partial charge in [0.25, 0.3) is 0 Å². The minimum Gasteiger partial charge on any atom is -0.508 e. The predicted octanol–water partition coefficient (Wildman–Crippen LogP) is 3.09. The van der Waals surface area contributed by atoms with Gasteiger partial charge in [-0.25, -0.2) is 4.79 Å². The van der Waals surface area contributed by atoms with Gasteiger partial charge >= 0.3 is 5.97 Å². The minimum absolute atomic E-state index is 0.0337. The molecule has 0 saturated heterocycles. The molecule has 0 radical (unpaired) electrons. The SMILES string of the molecule is C#CCOCCOCCOCCOCCOCCOCCOCCOCCNC(=O)Cc1ccc2c(c1)C1(OC2=O)c2ccc(O)cc2Oc2cc(O)ccc21. The average molecular weight is 780 g/mol. The fourth-order valence-electron chi connectivity index (χ4n) is 6.04. The highest BCUT2D eigenvalue weighted by atomic mass is 16.6. The lowest BCUT2D eigenvalue weighted by Crippen LogP contribution is -2.33. The van der Waals surface area contributed by atoms with E-state index in [-0.39, 0.29) is 41.9 Å². The van der Waals surface area contributed by atoms with E-state index in [9.17, 15) is 19.8 Å². The minimum atomic E-state index is -1.40. The van der Waals surface area contributed by atoms with Crippen LogP contribution >= 0.6 is 0 Å². The summed E-state index contributed by atoms with van der Waals surface area (Å²) in [6.45, 7) is 7.23. The molecule has 0 atom stereocenters. The van der Waals surface area contributed by atoms with Gasteiger partial charge < -0.3 is 62.9 Å². The Morgan fingerprint density at radius 1 is 0.625 bits per heavy atom. The lowest BCUT2D eigenvalue weighted by atomic mass is 9.77. The molecule has 2 aliphatic heterocycles. The predicted molar refractivity (Wildman–Crippen MR) is 200 cm³/mol. The second-order valence-corrected chi connectivity index (χ2v) is 12.5. The number of carbonyl (C=O) groups excluding carboxylic acids is 2. The number of phenols is 2. The standard InChI is InChI=1S/C41H49NO14/c1-2-10-47-12-14-49-16-18-51-20-22-53-24-25-54-23-21-52-19-17-50-15-13-48-11-9-42-39(45)27-30-3-6-33-36(26-30)41(56-40(33)46)34-7-4-31(43)28-37(34)55-38-29-32(44)5-8-35(38)41/h1,3-8,26,28-29,43-44H,9-25,27H2,(H,42,45). The molecule has 302 valence electrons. The molecule has 0 aromatic heterocycles. The van der Waals surface area contributed by atoms with Crippen molar-refractivity contribution in [3.8, 4) is 35.3 Å². The van der Waals surface area contributed by atoms with Crippen molar-refractivity contribution in [1.82, 2.24) is 5.32 Å². The van der Waals surface area contributed by atoms with Gasteiger partial charge in [-0.2, -0.15) is 0 Å². The summed E-state index contributed by atoms with van der Waals surface area (Å²) in [6.07, 6.45) is 5.14. The molecular formula is C41H49NO14. The van der Waals surface area contributed by atoms with Crippen LogP contribution in [0.2, 0.25) is 0 Å². The normalized spacial score (nSPS) is 13.4. The second kappa shape index (κ2) is 22.7. The quantitative estimate of drug-likeness (QED) is 0.0584. The third-order valence-electron chi connectivity index (χ3n) is 8.56. The molecule has 3 N–H and O–H groups in total. The Bertz CT molecular complexity index is 1710. The Morgan fingerprint density at radius 2 is 1.09 bits per heavy atom. The molecule has 0 bridgehead atoms. The molecule has 3 aromatic rings. The lowest BCUT2D eigenvalue weighted by molar-refractivity contribution is -0.120. The third-order valence-corrected chi connectivity index (χ3v) is 8.56. The van der Waals surface area contributed by atoms with E-state index in [0.717, 1.165) is 0 Å². The second-order valence-electron chi connectivity index (χ2n) is 12.5. The lowest BCUT2D eigenvalue weighted by Gasteiger charge is -2.36. The molecule has 15 nitrogen and oxygen atoms in total. The summed E-state index contributed by atoms with van der Waals surface area (Å²) in [7, 11) is 0. The number of ether oxygens (including phenoxy) is 10. The van der Waals surface area contributed by atoms with Crippen molar-refractivity contribution in [1.29, 1.82) is 0 Å². The zero-order valence-electron chi connectivity index (χ0n) is 31.3. The number of esters is 1. The van der Waals surface area contributed by atoms with Gasteiger partial charge in [0.15, 0.2) is 5.60 Å². The van der Waals surface area contributed by atoms with Crippen LogP contribution in [-0.4, -0.2) is 134 Å². The zero-order valence-corrected chi connectivity index (χ0v) is 31.3. The monoisotopic (exact) mass is 779 g/mol. The van der Waals surface area contributed by atoms with E-state index in [1.807, 2.05) is 0 Å². The summed E-state index contributed by atoms with van der Waals surface area (Å²) in [4.78, 5) is 26.0. The first-order valence-corrected chi connectivity index (χ1v) is 18.5. The van der Waals surface area contributed by atoms with Crippen LogP contribution in [-0.2, 0) is 59.4 Å². The smallest absolute Gasteiger partial charge is 0.340 e. The Kier molecular flexibility index (Phi) is 17.2. The topological polar surface area (TPSA) is 179 Å². The number of hydrogen-bond acceptors (Lipinski definition) is 14. The van der Waals surface area contributed by atoms with E-state index in [2.05, 4.69) is 11.2 Å². The van der Waals surface area contributed by atoms with Crippen molar-refractivity contribution in [2.45, 2.75) is 12.0 Å². The number of aromatic hydroxyl groups is 2. The largest absolute Gasteiger partial charge is 0.508 e. The van der Waals surface area contributed by atoms with E-state index in [0.29, 0.717) is 133 Å². The first-order chi connectivity index (χ1) is 27.4. The van der Waals surface area contributed by atoms with Gasteiger partial charge in [-0.15, -0.1) is 6.42 Å². The van der Waals surface area contributed by atoms with Crippen molar-refractivity contribution < 1.29 is 67.2 Å². The number of phenolic OH excluding ortho intramolecular Hbond substituents is 2. The van der Waals surface area contributed by atoms with Crippen LogP contribution in [0.3, 0.4) is 0 Å². The van der Waals surface area contributed by atoms with E-state index in [1.54, 1.807) is 30.3 Å².